The predicted octanol–water partition coefficient (Wildman–Crippen LogP) is 6.57. The van der Waals surface area contributed by atoms with Crippen LogP contribution in [0.4, 0.5) is 16.5 Å². The molecule has 0 unspecified atom stereocenters. The Hall–Kier alpha value is -3.63. The summed E-state index contributed by atoms with van der Waals surface area (Å²) in [4.78, 5) is 22.6. The average molecular weight is 526 g/mol. The zero-order valence-corrected chi connectivity index (χ0v) is 23.8. The summed E-state index contributed by atoms with van der Waals surface area (Å²) >= 11 is 1.36. The van der Waals surface area contributed by atoms with E-state index in [1.807, 2.05) is 53.8 Å². The van der Waals surface area contributed by atoms with Crippen LogP contribution in [0.3, 0.4) is 0 Å². The number of rotatable bonds is 7. The molecule has 4 aromatic rings. The van der Waals surface area contributed by atoms with E-state index in [0.717, 1.165) is 35.0 Å². The zero-order chi connectivity index (χ0) is 27.8. The molecule has 1 amide bonds. The number of aromatic amines is 1. The van der Waals surface area contributed by atoms with Crippen molar-refractivity contribution in [2.45, 2.75) is 54.9 Å². The van der Waals surface area contributed by atoms with Crippen LogP contribution in [0.1, 0.15) is 63.9 Å². The van der Waals surface area contributed by atoms with Gasteiger partial charge in [-0.1, -0.05) is 46.0 Å². The Labute approximate surface area is 223 Å². The summed E-state index contributed by atoms with van der Waals surface area (Å²) < 4.78 is 0. The summed E-state index contributed by atoms with van der Waals surface area (Å²) in [5.41, 5.74) is 4.64. The Morgan fingerprint density at radius 2 is 1.84 bits per heavy atom. The summed E-state index contributed by atoms with van der Waals surface area (Å²) in [5.74, 6) is -0.210. The van der Waals surface area contributed by atoms with Crippen LogP contribution < -0.4 is 16.0 Å². The van der Waals surface area contributed by atoms with Gasteiger partial charge in [-0.15, -0.1) is 10.2 Å². The summed E-state index contributed by atoms with van der Waals surface area (Å²) in [5, 5.41) is 26.7. The second-order valence-corrected chi connectivity index (χ2v) is 8.33. The first-order valence-corrected chi connectivity index (χ1v) is 13.3. The van der Waals surface area contributed by atoms with Crippen molar-refractivity contribution < 1.29 is 9.59 Å². The lowest BCUT2D eigenvalue weighted by Gasteiger charge is -2.07. The number of aldehydes is 1. The van der Waals surface area contributed by atoms with Crippen molar-refractivity contribution in [2.24, 2.45) is 0 Å². The maximum Gasteiger partial charge on any atom is 0.221 e. The van der Waals surface area contributed by atoms with Crippen LogP contribution >= 0.6 is 11.3 Å². The SMILES string of the molecule is CC.CC.CC(=O)Nc1cc(C=O)cc(-c2nnc(Nc3ccc4[nH]ncc4c3C)s2)c1.CCCNC. The molecule has 0 aliphatic rings. The number of carbonyl (C=O) groups is 2. The molecule has 37 heavy (non-hydrogen) atoms. The number of carbonyl (C=O) groups excluding carboxylic acids is 2. The molecule has 9 nitrogen and oxygen atoms in total. The van der Waals surface area contributed by atoms with Gasteiger partial charge in [0.15, 0.2) is 0 Å². The lowest BCUT2D eigenvalue weighted by molar-refractivity contribution is -0.114. The van der Waals surface area contributed by atoms with Crippen LogP contribution in [0.5, 0.6) is 0 Å². The summed E-state index contributed by atoms with van der Waals surface area (Å²) in [6, 6.07) is 9.00. The third-order valence-corrected chi connectivity index (χ3v) is 5.61. The molecule has 0 atom stereocenters. The maximum atomic E-state index is 11.3. The fourth-order valence-corrected chi connectivity index (χ4v) is 3.91. The van der Waals surface area contributed by atoms with Crippen LogP contribution in [0, 0.1) is 6.92 Å². The predicted molar refractivity (Wildman–Crippen MR) is 156 cm³/mol. The summed E-state index contributed by atoms with van der Waals surface area (Å²) in [6.45, 7) is 14.7. The number of aromatic nitrogens is 4. The lowest BCUT2D eigenvalue weighted by atomic mass is 10.1. The van der Waals surface area contributed by atoms with Crippen LogP contribution in [-0.4, -0.2) is 46.2 Å². The van der Waals surface area contributed by atoms with Crippen LogP contribution in [0.15, 0.2) is 36.5 Å². The maximum absolute atomic E-state index is 11.3. The van der Waals surface area contributed by atoms with Gasteiger partial charge in [-0.2, -0.15) is 5.10 Å². The lowest BCUT2D eigenvalue weighted by Crippen LogP contribution is -2.06. The van der Waals surface area contributed by atoms with Gasteiger partial charge in [0.05, 0.1) is 11.7 Å². The molecule has 2 heterocycles. The van der Waals surface area contributed by atoms with Crippen molar-refractivity contribution in [3.05, 3.63) is 47.7 Å². The van der Waals surface area contributed by atoms with Crippen molar-refractivity contribution in [1.82, 2.24) is 25.7 Å². The van der Waals surface area contributed by atoms with E-state index in [-0.39, 0.29) is 5.91 Å². The molecule has 200 valence electrons. The third-order valence-electron chi connectivity index (χ3n) is 4.72. The molecular formula is C27H39N7O2S. The van der Waals surface area contributed by atoms with E-state index in [0.29, 0.717) is 27.0 Å². The smallest absolute Gasteiger partial charge is 0.221 e. The number of fused-ring (bicyclic) bond motifs is 1. The van der Waals surface area contributed by atoms with Crippen LogP contribution in [-0.2, 0) is 4.79 Å². The number of amides is 1. The van der Waals surface area contributed by atoms with Gasteiger partial charge in [0.25, 0.3) is 0 Å². The number of nitrogens with one attached hydrogen (secondary N) is 4. The molecule has 0 aliphatic carbocycles. The minimum atomic E-state index is -0.210. The Kier molecular flexibility index (Phi) is 14.4. The molecule has 0 fully saturated rings. The van der Waals surface area contributed by atoms with E-state index >= 15 is 0 Å². The number of benzene rings is 2. The molecule has 0 saturated carbocycles. The highest BCUT2D eigenvalue weighted by molar-refractivity contribution is 7.18. The van der Waals surface area contributed by atoms with Gasteiger partial charge in [0.1, 0.15) is 11.3 Å². The second-order valence-electron chi connectivity index (χ2n) is 7.35. The molecule has 0 spiro atoms. The molecular weight excluding hydrogens is 486 g/mol. The van der Waals surface area contributed by atoms with Crippen LogP contribution in [0.2, 0.25) is 0 Å². The number of aryl methyl sites for hydroxylation is 1. The van der Waals surface area contributed by atoms with Gasteiger partial charge in [-0.05, 0) is 62.8 Å². The summed E-state index contributed by atoms with van der Waals surface area (Å²) in [7, 11) is 1.96. The molecule has 0 aliphatic heterocycles. The van der Waals surface area contributed by atoms with Crippen molar-refractivity contribution in [3.8, 4) is 10.6 Å². The molecule has 0 bridgehead atoms. The van der Waals surface area contributed by atoms with Gasteiger partial charge in [-0.25, -0.2) is 0 Å². The van der Waals surface area contributed by atoms with E-state index in [1.54, 1.807) is 24.4 Å². The second kappa shape index (κ2) is 16.9. The number of H-pyrrole nitrogens is 1. The largest absolute Gasteiger partial charge is 0.330 e. The minimum Gasteiger partial charge on any atom is -0.330 e. The fraction of sp³-hybridized carbons (Fsp3) is 0.370. The molecule has 2 aromatic carbocycles. The van der Waals surface area contributed by atoms with Crippen molar-refractivity contribution in [1.29, 1.82) is 0 Å². The summed E-state index contributed by atoms with van der Waals surface area (Å²) in [6.07, 6.45) is 3.75. The Morgan fingerprint density at radius 1 is 1.11 bits per heavy atom. The highest BCUT2D eigenvalue weighted by Crippen LogP contribution is 2.32. The standard InChI is InChI=1S/C19H16N6O2S.C4H11N.2C2H6/c1-10-15-8-20-23-17(15)4-3-16(10)22-19-25-24-18(28-19)13-5-12(9-26)6-14(7-13)21-11(2)27;1-3-4-5-2;2*1-2/h3-9H,1-2H3,(H,20,23)(H,21,27)(H,22,25);5H,3-4H2,1-2H3;2*1-2H3. The van der Waals surface area contributed by atoms with E-state index < -0.39 is 0 Å². The third kappa shape index (κ3) is 9.40. The quantitative estimate of drug-likeness (QED) is 0.201. The highest BCUT2D eigenvalue weighted by Gasteiger charge is 2.12. The number of hydrogen-bond donors (Lipinski definition) is 4. The van der Waals surface area contributed by atoms with E-state index in [1.165, 1.54) is 24.7 Å². The minimum absolute atomic E-state index is 0.210. The van der Waals surface area contributed by atoms with E-state index in [2.05, 4.69) is 43.3 Å². The molecule has 2 aromatic heterocycles. The highest BCUT2D eigenvalue weighted by atomic mass is 32.1. The van der Waals surface area contributed by atoms with E-state index in [4.69, 9.17) is 0 Å². The van der Waals surface area contributed by atoms with Crippen LogP contribution in [0.25, 0.3) is 21.5 Å². The van der Waals surface area contributed by atoms with Crippen molar-refractivity contribution in [3.63, 3.8) is 0 Å². The van der Waals surface area contributed by atoms with Crippen molar-refractivity contribution >= 4 is 50.9 Å². The first-order valence-electron chi connectivity index (χ1n) is 12.5. The first-order chi connectivity index (χ1) is 17.9. The molecule has 0 saturated heterocycles. The average Bonchev–Trinajstić information content (AvgIpc) is 3.59. The number of nitrogens with zero attached hydrogens (tertiary/aromatic N) is 3. The van der Waals surface area contributed by atoms with Gasteiger partial charge in [0, 0.05) is 34.8 Å². The van der Waals surface area contributed by atoms with Gasteiger partial charge in [0.2, 0.25) is 11.0 Å². The Balaban J connectivity index is 0.000000671. The fourth-order valence-electron chi connectivity index (χ4n) is 3.17. The normalized spacial score (nSPS) is 9.62. The van der Waals surface area contributed by atoms with Gasteiger partial charge < -0.3 is 16.0 Å². The molecule has 0 radical (unpaired) electrons. The van der Waals surface area contributed by atoms with E-state index in [9.17, 15) is 9.59 Å². The zero-order valence-electron chi connectivity index (χ0n) is 23.0. The monoisotopic (exact) mass is 525 g/mol. The molecule has 4 N–H and O–H groups in total. The molecule has 10 heteroatoms. The Morgan fingerprint density at radius 3 is 2.43 bits per heavy atom. The van der Waals surface area contributed by atoms with Gasteiger partial charge in [-0.3, -0.25) is 14.7 Å². The topological polar surface area (TPSA) is 125 Å². The first kappa shape index (κ1) is 31.4. The van der Waals surface area contributed by atoms with Crippen molar-refractivity contribution in [2.75, 3.05) is 24.2 Å². The molecule has 4 rings (SSSR count). The number of hydrogen-bond acceptors (Lipinski definition) is 8. The number of anilines is 3. The Bertz CT molecular complexity index is 1250. The van der Waals surface area contributed by atoms with Gasteiger partial charge >= 0.3 is 0 Å².